The van der Waals surface area contributed by atoms with Gasteiger partial charge >= 0.3 is 5.97 Å². The van der Waals surface area contributed by atoms with E-state index in [9.17, 15) is 4.79 Å². The van der Waals surface area contributed by atoms with E-state index in [0.717, 1.165) is 6.54 Å². The molecule has 0 amide bonds. The highest BCUT2D eigenvalue weighted by atomic mass is 32.1. The first-order chi connectivity index (χ1) is 6.75. The molecule has 1 N–H and O–H groups in total. The van der Waals surface area contributed by atoms with Crippen LogP contribution in [-0.4, -0.2) is 15.6 Å². The molecule has 0 unspecified atom stereocenters. The highest BCUT2D eigenvalue weighted by Crippen LogP contribution is 2.09. The Hall–Kier alpha value is -1.55. The fourth-order valence-electron chi connectivity index (χ4n) is 1.26. The summed E-state index contributed by atoms with van der Waals surface area (Å²) in [7, 11) is 0. The summed E-state index contributed by atoms with van der Waals surface area (Å²) in [6.07, 6.45) is 3.42. The molecule has 0 aliphatic rings. The molecular weight excluding hydrogens is 198 g/mol. The van der Waals surface area contributed by atoms with Crippen LogP contribution in [0.3, 0.4) is 0 Å². The van der Waals surface area contributed by atoms with E-state index in [1.807, 2.05) is 16.0 Å². The lowest BCUT2D eigenvalue weighted by atomic mass is 10.3. The first-order valence-corrected chi connectivity index (χ1v) is 5.10. The van der Waals surface area contributed by atoms with Crippen LogP contribution >= 0.6 is 11.3 Å². The second kappa shape index (κ2) is 3.67. The molecule has 2 heterocycles. The molecule has 3 nitrogen and oxygen atoms in total. The molecule has 0 radical (unpaired) electrons. The van der Waals surface area contributed by atoms with Gasteiger partial charge in [0.15, 0.2) is 0 Å². The van der Waals surface area contributed by atoms with E-state index < -0.39 is 5.97 Å². The molecular formula is C10H9NO2S. The number of thiophene rings is 1. The highest BCUT2D eigenvalue weighted by Gasteiger charge is 2.04. The Kier molecular flexibility index (Phi) is 2.37. The van der Waals surface area contributed by atoms with Crippen molar-refractivity contribution in [2.24, 2.45) is 0 Å². The first kappa shape index (κ1) is 9.02. The zero-order valence-corrected chi connectivity index (χ0v) is 8.20. The van der Waals surface area contributed by atoms with Crippen molar-refractivity contribution in [2.45, 2.75) is 6.54 Å². The summed E-state index contributed by atoms with van der Waals surface area (Å²) in [6.45, 7) is 0.733. The van der Waals surface area contributed by atoms with Crippen LogP contribution in [0.25, 0.3) is 0 Å². The normalized spacial score (nSPS) is 10.3. The van der Waals surface area contributed by atoms with Gasteiger partial charge in [-0.3, -0.25) is 0 Å². The molecule has 0 aliphatic carbocycles. The van der Waals surface area contributed by atoms with E-state index in [0.29, 0.717) is 5.56 Å². The zero-order valence-electron chi connectivity index (χ0n) is 7.38. The van der Waals surface area contributed by atoms with Crippen LogP contribution < -0.4 is 0 Å². The second-order valence-corrected chi connectivity index (χ2v) is 3.79. The molecule has 0 saturated heterocycles. The van der Waals surface area contributed by atoms with Crippen molar-refractivity contribution in [1.29, 1.82) is 0 Å². The third-order valence-corrected chi connectivity index (χ3v) is 2.67. The standard InChI is InChI=1S/C10H9NO2S/c12-10(13)9-1-3-11(6-9)5-8-2-4-14-7-8/h1-4,6-7H,5H2,(H,12,13). The van der Waals surface area contributed by atoms with Gasteiger partial charge in [-0.05, 0) is 28.5 Å². The first-order valence-electron chi connectivity index (χ1n) is 4.16. The number of hydrogen-bond acceptors (Lipinski definition) is 2. The second-order valence-electron chi connectivity index (χ2n) is 3.01. The van der Waals surface area contributed by atoms with E-state index in [1.165, 1.54) is 5.56 Å². The Balaban J connectivity index is 2.14. The summed E-state index contributed by atoms with van der Waals surface area (Å²) in [4.78, 5) is 10.6. The number of hydrogen-bond donors (Lipinski definition) is 1. The molecule has 0 aromatic carbocycles. The quantitative estimate of drug-likeness (QED) is 0.839. The van der Waals surface area contributed by atoms with Gasteiger partial charge in [0.1, 0.15) is 0 Å². The van der Waals surface area contributed by atoms with Gasteiger partial charge in [0.2, 0.25) is 0 Å². The molecule has 0 bridgehead atoms. The van der Waals surface area contributed by atoms with Gasteiger partial charge in [-0.1, -0.05) is 0 Å². The van der Waals surface area contributed by atoms with Gasteiger partial charge in [-0.2, -0.15) is 11.3 Å². The maximum atomic E-state index is 10.6. The summed E-state index contributed by atoms with van der Waals surface area (Å²) in [5.41, 5.74) is 1.53. The Morgan fingerprint density at radius 1 is 1.50 bits per heavy atom. The van der Waals surface area contributed by atoms with Crippen LogP contribution in [0.15, 0.2) is 35.3 Å². The van der Waals surface area contributed by atoms with Crippen molar-refractivity contribution in [3.63, 3.8) is 0 Å². The highest BCUT2D eigenvalue weighted by molar-refractivity contribution is 7.07. The van der Waals surface area contributed by atoms with Gasteiger partial charge < -0.3 is 9.67 Å². The summed E-state index contributed by atoms with van der Waals surface area (Å²) in [5.74, 6) is -0.880. The molecule has 72 valence electrons. The molecule has 0 atom stereocenters. The lowest BCUT2D eigenvalue weighted by Crippen LogP contribution is -1.96. The number of aromatic nitrogens is 1. The van der Waals surface area contributed by atoms with Gasteiger partial charge in [-0.25, -0.2) is 4.79 Å². The van der Waals surface area contributed by atoms with Crippen molar-refractivity contribution >= 4 is 17.3 Å². The molecule has 0 aliphatic heterocycles. The molecule has 0 fully saturated rings. The molecule has 0 spiro atoms. The average Bonchev–Trinajstić information content (AvgIpc) is 2.75. The topological polar surface area (TPSA) is 42.2 Å². The van der Waals surface area contributed by atoms with Crippen LogP contribution in [0.4, 0.5) is 0 Å². The predicted octanol–water partition coefficient (Wildman–Crippen LogP) is 2.30. The fourth-order valence-corrected chi connectivity index (χ4v) is 1.92. The third kappa shape index (κ3) is 1.85. The van der Waals surface area contributed by atoms with Crippen molar-refractivity contribution in [3.8, 4) is 0 Å². The number of nitrogens with zero attached hydrogens (tertiary/aromatic N) is 1. The number of carbonyl (C=O) groups is 1. The average molecular weight is 207 g/mol. The molecule has 0 saturated carbocycles. The van der Waals surface area contributed by atoms with Crippen LogP contribution in [0.1, 0.15) is 15.9 Å². The lowest BCUT2D eigenvalue weighted by molar-refractivity contribution is 0.0697. The number of carboxylic acid groups (broad SMARTS) is 1. The van der Waals surface area contributed by atoms with Crippen LogP contribution in [-0.2, 0) is 6.54 Å². The number of aromatic carboxylic acids is 1. The van der Waals surface area contributed by atoms with Gasteiger partial charge in [0.25, 0.3) is 0 Å². The monoisotopic (exact) mass is 207 g/mol. The Morgan fingerprint density at radius 3 is 2.93 bits per heavy atom. The maximum absolute atomic E-state index is 10.6. The van der Waals surface area contributed by atoms with Crippen molar-refractivity contribution < 1.29 is 9.90 Å². The Morgan fingerprint density at radius 2 is 2.36 bits per heavy atom. The fraction of sp³-hybridized carbons (Fsp3) is 0.100. The van der Waals surface area contributed by atoms with Crippen LogP contribution in [0.5, 0.6) is 0 Å². The van der Waals surface area contributed by atoms with E-state index in [2.05, 4.69) is 5.38 Å². The molecule has 4 heteroatoms. The van der Waals surface area contributed by atoms with Crippen molar-refractivity contribution in [1.82, 2.24) is 4.57 Å². The summed E-state index contributed by atoms with van der Waals surface area (Å²) in [5, 5.41) is 12.8. The molecule has 2 aromatic rings. The Bertz CT molecular complexity index is 431. The maximum Gasteiger partial charge on any atom is 0.337 e. The van der Waals surface area contributed by atoms with E-state index in [4.69, 9.17) is 5.11 Å². The molecule has 2 rings (SSSR count). The van der Waals surface area contributed by atoms with E-state index in [1.54, 1.807) is 29.8 Å². The number of rotatable bonds is 3. The van der Waals surface area contributed by atoms with Gasteiger partial charge in [0.05, 0.1) is 5.56 Å². The predicted molar refractivity (Wildman–Crippen MR) is 54.8 cm³/mol. The summed E-state index contributed by atoms with van der Waals surface area (Å²) in [6, 6.07) is 3.64. The van der Waals surface area contributed by atoms with Crippen molar-refractivity contribution in [3.05, 3.63) is 46.4 Å². The van der Waals surface area contributed by atoms with Crippen LogP contribution in [0, 0.1) is 0 Å². The number of carboxylic acids is 1. The largest absolute Gasteiger partial charge is 0.478 e. The van der Waals surface area contributed by atoms with Crippen LogP contribution in [0.2, 0.25) is 0 Å². The van der Waals surface area contributed by atoms with Gasteiger partial charge in [0, 0.05) is 18.9 Å². The minimum absolute atomic E-state index is 0.334. The lowest BCUT2D eigenvalue weighted by Gasteiger charge is -1.98. The van der Waals surface area contributed by atoms with Gasteiger partial charge in [-0.15, -0.1) is 0 Å². The summed E-state index contributed by atoms with van der Waals surface area (Å²) >= 11 is 1.64. The SMILES string of the molecule is O=C(O)c1ccn(Cc2ccsc2)c1. The summed E-state index contributed by atoms with van der Waals surface area (Å²) < 4.78 is 1.87. The van der Waals surface area contributed by atoms with Crippen molar-refractivity contribution in [2.75, 3.05) is 0 Å². The van der Waals surface area contributed by atoms with E-state index in [-0.39, 0.29) is 0 Å². The molecule has 14 heavy (non-hydrogen) atoms. The smallest absolute Gasteiger partial charge is 0.337 e. The minimum Gasteiger partial charge on any atom is -0.478 e. The molecule has 2 aromatic heterocycles. The minimum atomic E-state index is -0.880. The zero-order chi connectivity index (χ0) is 9.97. The van der Waals surface area contributed by atoms with E-state index >= 15 is 0 Å². The third-order valence-electron chi connectivity index (χ3n) is 1.94. The Labute approximate surface area is 85.2 Å².